The third-order valence-corrected chi connectivity index (χ3v) is 6.29. The summed E-state index contributed by atoms with van der Waals surface area (Å²) in [6, 6.07) is 10.0. The summed E-state index contributed by atoms with van der Waals surface area (Å²) in [5.74, 6) is -1.13. The number of fused-ring (bicyclic) bond motifs is 1. The van der Waals surface area contributed by atoms with Crippen LogP contribution in [0, 0.1) is 0 Å². The average molecular weight is 430 g/mol. The van der Waals surface area contributed by atoms with E-state index in [4.69, 9.17) is 9.47 Å². The highest BCUT2D eigenvalue weighted by Gasteiger charge is 2.27. The monoisotopic (exact) mass is 429 g/mol. The fraction of sp³-hybridized carbons (Fsp3) is 0.435. The molecule has 3 rings (SSSR count). The van der Waals surface area contributed by atoms with E-state index in [0.717, 1.165) is 49.0 Å². The van der Waals surface area contributed by atoms with Gasteiger partial charge in [-0.05, 0) is 49.7 Å². The smallest absolute Gasteiger partial charge is 0.341 e. The van der Waals surface area contributed by atoms with Crippen LogP contribution in [0.15, 0.2) is 30.3 Å². The third kappa shape index (κ3) is 5.92. The molecule has 1 N–H and O–H groups in total. The maximum absolute atomic E-state index is 12.3. The first-order valence-electron chi connectivity index (χ1n) is 10.3. The molecule has 2 aromatic rings. The predicted octanol–water partition coefficient (Wildman–Crippen LogP) is 4.31. The molecule has 1 aromatic heterocycles. The first-order valence-corrected chi connectivity index (χ1v) is 11.1. The third-order valence-electron chi connectivity index (χ3n) is 5.09. The van der Waals surface area contributed by atoms with Crippen molar-refractivity contribution in [3.8, 4) is 0 Å². The van der Waals surface area contributed by atoms with Crippen LogP contribution in [0.3, 0.4) is 0 Å². The van der Waals surface area contributed by atoms with Crippen molar-refractivity contribution >= 4 is 34.2 Å². The molecule has 1 aliphatic carbocycles. The van der Waals surface area contributed by atoms with Crippen molar-refractivity contribution in [3.63, 3.8) is 0 Å². The highest BCUT2D eigenvalue weighted by atomic mass is 32.1. The summed E-state index contributed by atoms with van der Waals surface area (Å²) in [5, 5.41) is 3.32. The molecule has 30 heavy (non-hydrogen) atoms. The molecule has 1 aromatic carbocycles. The number of hydrogen-bond donors (Lipinski definition) is 1. The number of methoxy groups -OCH3 is 1. The van der Waals surface area contributed by atoms with E-state index in [1.165, 1.54) is 24.0 Å². The van der Waals surface area contributed by atoms with Crippen LogP contribution >= 0.6 is 11.3 Å². The number of amides is 1. The summed E-state index contributed by atoms with van der Waals surface area (Å²) in [6.07, 6.45) is 5.45. The van der Waals surface area contributed by atoms with Gasteiger partial charge >= 0.3 is 11.9 Å². The zero-order valence-corrected chi connectivity index (χ0v) is 18.0. The molecule has 6 nitrogen and oxygen atoms in total. The van der Waals surface area contributed by atoms with Gasteiger partial charge in [0.05, 0.1) is 25.7 Å². The molecular formula is C23H27NO5S. The van der Waals surface area contributed by atoms with Gasteiger partial charge < -0.3 is 14.8 Å². The van der Waals surface area contributed by atoms with Gasteiger partial charge in [0.1, 0.15) is 5.00 Å². The lowest BCUT2D eigenvalue weighted by Crippen LogP contribution is -2.16. The minimum absolute atomic E-state index is 0.00974. The first kappa shape index (κ1) is 22.0. The van der Waals surface area contributed by atoms with Gasteiger partial charge in [0.15, 0.2) is 0 Å². The molecule has 7 heteroatoms. The van der Waals surface area contributed by atoms with Gasteiger partial charge in [0, 0.05) is 11.3 Å². The second kappa shape index (κ2) is 10.9. The maximum Gasteiger partial charge on any atom is 0.341 e. The van der Waals surface area contributed by atoms with Crippen LogP contribution in [0.2, 0.25) is 0 Å². The van der Waals surface area contributed by atoms with E-state index in [1.807, 2.05) is 30.3 Å². The first-order chi connectivity index (χ1) is 14.6. The molecule has 0 radical (unpaired) electrons. The van der Waals surface area contributed by atoms with Gasteiger partial charge in [-0.1, -0.05) is 30.3 Å². The van der Waals surface area contributed by atoms with Crippen molar-refractivity contribution in [2.24, 2.45) is 0 Å². The molecule has 0 saturated carbocycles. The Kier molecular flexibility index (Phi) is 8.02. The second-order valence-electron chi connectivity index (χ2n) is 7.26. The molecule has 0 saturated heterocycles. The molecular weight excluding hydrogens is 402 g/mol. The summed E-state index contributed by atoms with van der Waals surface area (Å²) in [6.45, 7) is 0.333. The molecule has 160 valence electrons. The Morgan fingerprint density at radius 3 is 2.60 bits per heavy atom. The van der Waals surface area contributed by atoms with Crippen molar-refractivity contribution in [1.82, 2.24) is 0 Å². The van der Waals surface area contributed by atoms with Gasteiger partial charge in [-0.2, -0.15) is 0 Å². The zero-order chi connectivity index (χ0) is 21.3. The van der Waals surface area contributed by atoms with Gasteiger partial charge in [-0.3, -0.25) is 9.59 Å². The number of anilines is 1. The maximum atomic E-state index is 12.3. The van der Waals surface area contributed by atoms with Crippen LogP contribution in [0.5, 0.6) is 0 Å². The summed E-state index contributed by atoms with van der Waals surface area (Å²) in [4.78, 5) is 37.6. The fourth-order valence-corrected chi connectivity index (χ4v) is 4.85. The number of nitrogens with one attached hydrogen (secondary N) is 1. The van der Waals surface area contributed by atoms with E-state index in [0.29, 0.717) is 17.2 Å². The molecule has 1 heterocycles. The Bertz CT molecular complexity index is 890. The minimum atomic E-state index is -0.428. The lowest BCUT2D eigenvalue weighted by atomic mass is 9.95. The van der Waals surface area contributed by atoms with Crippen molar-refractivity contribution in [1.29, 1.82) is 0 Å². The van der Waals surface area contributed by atoms with Crippen LogP contribution in [0.4, 0.5) is 5.00 Å². The lowest BCUT2D eigenvalue weighted by molar-refractivity contribution is -0.144. The van der Waals surface area contributed by atoms with E-state index in [1.54, 1.807) is 0 Å². The number of ether oxygens (including phenoxy) is 2. The Morgan fingerprint density at radius 2 is 1.83 bits per heavy atom. The number of rotatable bonds is 9. The molecule has 1 amide bonds. The molecule has 0 unspecified atom stereocenters. The normalized spacial score (nSPS) is 12.7. The molecule has 1 aliphatic rings. The number of carbonyl (C=O) groups is 3. The van der Waals surface area contributed by atoms with Crippen LogP contribution in [-0.2, 0) is 38.3 Å². The zero-order valence-electron chi connectivity index (χ0n) is 17.2. The highest BCUT2D eigenvalue weighted by molar-refractivity contribution is 7.17. The van der Waals surface area contributed by atoms with E-state index < -0.39 is 11.9 Å². The van der Waals surface area contributed by atoms with Crippen molar-refractivity contribution in [2.75, 3.05) is 19.0 Å². The number of benzene rings is 1. The number of carbonyl (C=O) groups excluding carboxylic acids is 3. The predicted molar refractivity (Wildman–Crippen MR) is 116 cm³/mol. The number of hydrogen-bond acceptors (Lipinski definition) is 6. The Balaban J connectivity index is 1.45. The number of aryl methyl sites for hydroxylation is 2. The lowest BCUT2D eigenvalue weighted by Gasteiger charge is -2.11. The molecule has 0 fully saturated rings. The summed E-state index contributed by atoms with van der Waals surface area (Å²) < 4.78 is 10.1. The van der Waals surface area contributed by atoms with Crippen LogP contribution in [0.25, 0.3) is 0 Å². The molecule has 0 aliphatic heterocycles. The number of thiophene rings is 1. The quantitative estimate of drug-likeness (QED) is 0.475. The van der Waals surface area contributed by atoms with Crippen molar-refractivity contribution in [3.05, 3.63) is 51.9 Å². The Labute approximate surface area is 180 Å². The Morgan fingerprint density at radius 1 is 1.07 bits per heavy atom. The van der Waals surface area contributed by atoms with E-state index in [9.17, 15) is 14.4 Å². The summed E-state index contributed by atoms with van der Waals surface area (Å²) in [7, 11) is 1.34. The topological polar surface area (TPSA) is 81.7 Å². The minimum Gasteiger partial charge on any atom is -0.466 e. The second-order valence-corrected chi connectivity index (χ2v) is 8.37. The van der Waals surface area contributed by atoms with Crippen LogP contribution in [-0.4, -0.2) is 31.6 Å². The van der Waals surface area contributed by atoms with Crippen molar-refractivity contribution < 1.29 is 23.9 Å². The van der Waals surface area contributed by atoms with Crippen molar-refractivity contribution in [2.45, 2.75) is 51.4 Å². The van der Waals surface area contributed by atoms with E-state index in [-0.39, 0.29) is 18.7 Å². The van der Waals surface area contributed by atoms with Gasteiger partial charge in [0.25, 0.3) is 0 Å². The van der Waals surface area contributed by atoms with Gasteiger partial charge in [-0.15, -0.1) is 11.3 Å². The fourth-order valence-electron chi connectivity index (χ4n) is 3.56. The highest BCUT2D eigenvalue weighted by Crippen LogP contribution is 2.38. The van der Waals surface area contributed by atoms with E-state index in [2.05, 4.69) is 5.32 Å². The number of esters is 2. The summed E-state index contributed by atoms with van der Waals surface area (Å²) >= 11 is 1.43. The summed E-state index contributed by atoms with van der Waals surface area (Å²) in [5.41, 5.74) is 2.66. The molecule has 0 bridgehead atoms. The van der Waals surface area contributed by atoms with Gasteiger partial charge in [0.2, 0.25) is 5.91 Å². The Hall–Kier alpha value is -2.67. The van der Waals surface area contributed by atoms with Crippen LogP contribution < -0.4 is 5.32 Å². The van der Waals surface area contributed by atoms with Gasteiger partial charge in [-0.25, -0.2) is 4.79 Å². The molecule has 0 atom stereocenters. The van der Waals surface area contributed by atoms with E-state index >= 15 is 0 Å². The average Bonchev–Trinajstić information content (AvgIpc) is 3.13. The standard InChI is InChI=1S/C23H27NO5S/c1-28-23(27)21-17-11-5-6-12-18(17)30-22(21)24-19(25)13-14-20(26)29-15-7-10-16-8-3-2-4-9-16/h2-4,8-9H,5-7,10-15H2,1H3,(H,24,25). The van der Waals surface area contributed by atoms with Crippen LogP contribution in [0.1, 0.15) is 58.5 Å². The largest absolute Gasteiger partial charge is 0.466 e. The SMILES string of the molecule is COC(=O)c1c(NC(=O)CCC(=O)OCCCc2ccccc2)sc2c1CCCC2. The molecule has 0 spiro atoms.